The lowest BCUT2D eigenvalue weighted by Crippen LogP contribution is -2.82. The van der Waals surface area contributed by atoms with Crippen molar-refractivity contribution in [2.45, 2.75) is 148 Å². The molecule has 4 N–H and O–H groups in total. The third-order valence-corrected chi connectivity index (χ3v) is 12.7. The van der Waals surface area contributed by atoms with Crippen molar-refractivity contribution in [3.63, 3.8) is 0 Å². The Bertz CT molecular complexity index is 1980. The highest BCUT2D eigenvalue weighted by atomic mass is 16.6. The van der Waals surface area contributed by atoms with Gasteiger partial charge in [0, 0.05) is 31.6 Å². The van der Waals surface area contributed by atoms with Gasteiger partial charge in [0.1, 0.15) is 35.3 Å². The first-order valence-electron chi connectivity index (χ1n) is 20.3. The predicted octanol–water partition coefficient (Wildman–Crippen LogP) is 3.43. The monoisotopic (exact) mass is 857 g/mol. The number of carbonyl (C=O) groups excluding carboxylic acids is 6. The van der Waals surface area contributed by atoms with E-state index < -0.39 is 118 Å². The Morgan fingerprint density at radius 3 is 2.31 bits per heavy atom. The lowest BCUT2D eigenvalue weighted by molar-refractivity contribution is -0.346. The van der Waals surface area contributed by atoms with E-state index >= 15 is 4.79 Å². The van der Waals surface area contributed by atoms with Gasteiger partial charge < -0.3 is 53.8 Å². The van der Waals surface area contributed by atoms with Crippen LogP contribution in [0.3, 0.4) is 0 Å². The van der Waals surface area contributed by atoms with Crippen LogP contribution in [0.15, 0.2) is 47.6 Å². The van der Waals surface area contributed by atoms with Gasteiger partial charge in [0.2, 0.25) is 0 Å². The van der Waals surface area contributed by atoms with Gasteiger partial charge in [-0.05, 0) is 70.9 Å². The zero-order chi connectivity index (χ0) is 45.6. The molecule has 1 heterocycles. The molecule has 2 saturated carbocycles. The third kappa shape index (κ3) is 8.41. The first kappa shape index (κ1) is 47.2. The Balaban J connectivity index is 1.75. The number of carbonyl (C=O) groups is 6. The zero-order valence-electron chi connectivity index (χ0n) is 36.6. The van der Waals surface area contributed by atoms with Crippen molar-refractivity contribution in [3.05, 3.63) is 53.1 Å². The number of alkyl carbamates (subject to hydrolysis) is 1. The molecule has 2 bridgehead atoms. The minimum atomic E-state index is -2.42. The summed E-state index contributed by atoms with van der Waals surface area (Å²) in [4.78, 5) is 83.0. The van der Waals surface area contributed by atoms with Gasteiger partial charge in [-0.3, -0.25) is 14.4 Å². The molecule has 1 saturated heterocycles. The van der Waals surface area contributed by atoms with Crippen LogP contribution in [0.4, 0.5) is 4.79 Å². The maximum Gasteiger partial charge on any atom is 0.408 e. The maximum absolute atomic E-state index is 15.5. The molecule has 61 heavy (non-hydrogen) atoms. The molecule has 0 aromatic heterocycles. The molecule has 336 valence electrons. The number of ketones is 1. The average molecular weight is 858 g/mol. The molecule has 0 spiro atoms. The minimum Gasteiger partial charge on any atom is -0.497 e. The summed E-state index contributed by atoms with van der Waals surface area (Å²) < 4.78 is 40.9. The number of fused-ring (bicyclic) bond motifs is 5. The second-order valence-corrected chi connectivity index (χ2v) is 17.9. The summed E-state index contributed by atoms with van der Waals surface area (Å²) in [6.45, 7) is 14.8. The van der Waals surface area contributed by atoms with Crippen LogP contribution in [-0.4, -0.2) is 124 Å². The maximum atomic E-state index is 15.5. The highest BCUT2D eigenvalue weighted by Gasteiger charge is 2.78. The van der Waals surface area contributed by atoms with Gasteiger partial charge in [0.05, 0.1) is 42.8 Å². The topological polar surface area (TPSA) is 240 Å². The number of rotatable bonds is 11. The first-order valence-corrected chi connectivity index (χ1v) is 20.3. The summed E-state index contributed by atoms with van der Waals surface area (Å²) in [6, 6.07) is 4.62. The van der Waals surface area contributed by atoms with E-state index in [1.165, 1.54) is 58.2 Å². The Kier molecular flexibility index (Phi) is 13.3. The SMILES string of the molecule is C/C=C\[C@H](NC(=O)OC(C)(C)C)[C@@H](O)C(=O)O[C@H]1C[C@@]2(O)[C@@H](OC(=O)c3cccc(OC)c3)C3[C@](C)(C(=O)[C@H](OC(=O)CC)C(=C1C)C2(C)C)[C@@H](O)C[C@H]1OC[C@@]31OC(C)=O. The fourth-order valence-corrected chi connectivity index (χ4v) is 9.48. The lowest BCUT2D eigenvalue weighted by Gasteiger charge is -2.67. The van der Waals surface area contributed by atoms with E-state index in [0.717, 1.165) is 6.92 Å². The molecule has 11 atom stereocenters. The van der Waals surface area contributed by atoms with E-state index in [4.69, 9.17) is 33.2 Å². The number of aliphatic hydroxyl groups is 3. The number of methoxy groups -OCH3 is 1. The lowest BCUT2D eigenvalue weighted by atomic mass is 9.44. The van der Waals surface area contributed by atoms with Crippen molar-refractivity contribution in [1.82, 2.24) is 5.32 Å². The van der Waals surface area contributed by atoms with Crippen molar-refractivity contribution in [2.75, 3.05) is 13.7 Å². The van der Waals surface area contributed by atoms with Gasteiger partial charge in [-0.25, -0.2) is 14.4 Å². The number of allylic oxidation sites excluding steroid dienone is 1. The quantitative estimate of drug-likeness (QED) is 0.142. The van der Waals surface area contributed by atoms with E-state index in [9.17, 15) is 39.3 Å². The fraction of sp³-hybridized carbons (Fsp3) is 0.636. The number of hydrogen-bond donors (Lipinski definition) is 4. The molecule has 1 aliphatic heterocycles. The number of amides is 1. The Labute approximate surface area is 355 Å². The minimum absolute atomic E-state index is 0.0138. The van der Waals surface area contributed by atoms with Crippen LogP contribution in [0, 0.1) is 16.7 Å². The van der Waals surface area contributed by atoms with Gasteiger partial charge >= 0.3 is 30.0 Å². The Hall–Kier alpha value is -4.84. The van der Waals surface area contributed by atoms with Gasteiger partial charge in [-0.15, -0.1) is 0 Å². The molecule has 1 unspecified atom stereocenters. The second kappa shape index (κ2) is 17.1. The number of esters is 4. The summed E-state index contributed by atoms with van der Waals surface area (Å²) in [5.41, 5.74) is -8.77. The van der Waals surface area contributed by atoms with E-state index in [0.29, 0.717) is 5.75 Å². The standard InChI is InChI=1S/C44H59NO16/c1-12-15-26(45-39(53)61-40(5,6)7)32(49)38(52)57-27-20-44(54)36(59-37(51)24-16-14-17-25(18-24)55-11)34-42(10,28(47)19-29-43(34,21-56-29)60-23(4)46)35(50)33(58-30(48)13-2)31(22(27)3)41(44,8)9/h12,14-18,26-29,32-34,36,47,49,54H,13,19-21H2,1-11H3,(H,45,53)/b15-12-/t26-,27-,28-,29+,32+,33+,34?,36-,42+,43-,44+/m0/s1. The van der Waals surface area contributed by atoms with Crippen LogP contribution < -0.4 is 10.1 Å². The molecular formula is C44H59NO16. The number of aliphatic hydroxyl groups excluding tert-OH is 2. The van der Waals surface area contributed by atoms with Crippen molar-refractivity contribution < 1.29 is 77.2 Å². The van der Waals surface area contributed by atoms with Gasteiger partial charge in [0.25, 0.3) is 0 Å². The van der Waals surface area contributed by atoms with Gasteiger partial charge in [-0.1, -0.05) is 39.0 Å². The van der Waals surface area contributed by atoms with Crippen LogP contribution in [0.5, 0.6) is 5.75 Å². The predicted molar refractivity (Wildman–Crippen MR) is 214 cm³/mol. The zero-order valence-corrected chi connectivity index (χ0v) is 36.6. The molecule has 1 aromatic carbocycles. The molecule has 0 radical (unpaired) electrons. The molecule has 3 aliphatic carbocycles. The van der Waals surface area contributed by atoms with Gasteiger partial charge in [-0.2, -0.15) is 0 Å². The van der Waals surface area contributed by atoms with Crippen LogP contribution in [0.25, 0.3) is 0 Å². The normalized spacial score (nSPS) is 32.7. The highest BCUT2D eigenvalue weighted by Crippen LogP contribution is 2.64. The molecule has 17 heteroatoms. The third-order valence-electron chi connectivity index (χ3n) is 12.7. The van der Waals surface area contributed by atoms with E-state index in [1.54, 1.807) is 47.6 Å². The Morgan fingerprint density at radius 2 is 1.75 bits per heavy atom. The summed E-state index contributed by atoms with van der Waals surface area (Å²) in [7, 11) is 1.40. The fourth-order valence-electron chi connectivity index (χ4n) is 9.48. The molecule has 17 nitrogen and oxygen atoms in total. The van der Waals surface area contributed by atoms with E-state index in [1.807, 2.05) is 0 Å². The molecule has 3 fully saturated rings. The number of Topliss-reactive ketones (excluding diaryl/α,β-unsaturated/α-hetero) is 1. The van der Waals surface area contributed by atoms with Crippen LogP contribution in [-0.2, 0) is 47.6 Å². The largest absolute Gasteiger partial charge is 0.497 e. The van der Waals surface area contributed by atoms with Crippen molar-refractivity contribution in [3.8, 4) is 5.75 Å². The van der Waals surface area contributed by atoms with Crippen LogP contribution in [0.2, 0.25) is 0 Å². The molecule has 1 aromatic rings. The van der Waals surface area contributed by atoms with Crippen LogP contribution in [0.1, 0.15) is 98.9 Å². The smallest absolute Gasteiger partial charge is 0.408 e. The van der Waals surface area contributed by atoms with E-state index in [2.05, 4.69) is 5.32 Å². The highest BCUT2D eigenvalue weighted by molar-refractivity contribution is 5.96. The van der Waals surface area contributed by atoms with E-state index in [-0.39, 0.29) is 36.2 Å². The second-order valence-electron chi connectivity index (χ2n) is 17.9. The summed E-state index contributed by atoms with van der Waals surface area (Å²) in [5.74, 6) is -6.02. The molecule has 5 rings (SSSR count). The molecule has 4 aliphatic rings. The van der Waals surface area contributed by atoms with Gasteiger partial charge in [0.15, 0.2) is 23.6 Å². The van der Waals surface area contributed by atoms with Crippen molar-refractivity contribution >= 4 is 35.8 Å². The number of nitrogens with one attached hydrogen (secondary N) is 1. The van der Waals surface area contributed by atoms with Crippen LogP contribution >= 0.6 is 0 Å². The van der Waals surface area contributed by atoms with Crippen molar-refractivity contribution in [2.24, 2.45) is 16.7 Å². The summed E-state index contributed by atoms with van der Waals surface area (Å²) in [5, 5.41) is 39.6. The Morgan fingerprint density at radius 1 is 1.08 bits per heavy atom. The first-order chi connectivity index (χ1) is 28.3. The summed E-state index contributed by atoms with van der Waals surface area (Å²) >= 11 is 0. The molecule has 1 amide bonds. The number of hydrogen-bond acceptors (Lipinski definition) is 16. The van der Waals surface area contributed by atoms with Crippen molar-refractivity contribution in [1.29, 1.82) is 0 Å². The number of benzene rings is 1. The average Bonchev–Trinajstić information content (AvgIpc) is 3.17. The molecular weight excluding hydrogens is 798 g/mol. The number of ether oxygens (including phenoxy) is 7. The summed E-state index contributed by atoms with van der Waals surface area (Å²) in [6.07, 6.45) is -8.93.